The molecule has 0 bridgehead atoms. The third-order valence-corrected chi connectivity index (χ3v) is 1.86. The molecule has 2 nitrogen and oxygen atoms in total. The zero-order chi connectivity index (χ0) is 8.97. The minimum atomic E-state index is 0.292. The Morgan fingerprint density at radius 3 is 2.75 bits per heavy atom. The lowest BCUT2D eigenvalue weighted by atomic mass is 10.2. The van der Waals surface area contributed by atoms with Crippen LogP contribution in [-0.4, -0.2) is 11.3 Å². The molecule has 0 saturated heterocycles. The molecule has 62 valence electrons. The highest BCUT2D eigenvalue weighted by molar-refractivity contribution is 6.36. The maximum atomic E-state index is 10.0. The molecule has 0 radical (unpaired) electrons. The van der Waals surface area contributed by atoms with E-state index in [-0.39, 0.29) is 0 Å². The first-order chi connectivity index (χ1) is 5.75. The Balaban J connectivity index is 3.12. The molecule has 1 aromatic heterocycles. The van der Waals surface area contributed by atoms with Crippen molar-refractivity contribution in [1.29, 1.82) is 0 Å². The molecule has 0 aliphatic heterocycles. The number of carbonyl (C=O) groups excluding carboxylic acids is 1. The molecule has 0 amide bonds. The zero-order valence-corrected chi connectivity index (χ0v) is 7.51. The molecule has 0 fully saturated rings. The Kier molecular flexibility index (Phi) is 3.26. The van der Waals surface area contributed by atoms with E-state index >= 15 is 0 Å². The Bertz CT molecular complexity index is 303. The summed E-state index contributed by atoms with van der Waals surface area (Å²) in [6.07, 6.45) is 4.99. The molecule has 0 atom stereocenters. The summed E-state index contributed by atoms with van der Waals surface area (Å²) in [5, 5.41) is 0.772. The molecule has 0 unspecified atom stereocenters. The Labute approximate surface area is 79.8 Å². The van der Waals surface area contributed by atoms with Crippen LogP contribution in [0.25, 0.3) is 6.08 Å². The van der Waals surface area contributed by atoms with Gasteiger partial charge in [-0.15, -0.1) is 0 Å². The fraction of sp³-hybridized carbons (Fsp3) is 0. The van der Waals surface area contributed by atoms with E-state index in [9.17, 15) is 4.79 Å². The van der Waals surface area contributed by atoms with Crippen molar-refractivity contribution in [1.82, 2.24) is 4.98 Å². The summed E-state index contributed by atoms with van der Waals surface area (Å²) in [6, 6.07) is 1.61. The molecule has 0 N–H and O–H groups in total. The Hall–Kier alpha value is -0.860. The van der Waals surface area contributed by atoms with Gasteiger partial charge in [-0.1, -0.05) is 23.2 Å². The van der Waals surface area contributed by atoms with Gasteiger partial charge in [0, 0.05) is 11.8 Å². The number of hydrogen-bond donors (Lipinski definition) is 0. The van der Waals surface area contributed by atoms with Gasteiger partial charge in [-0.25, -0.2) is 4.98 Å². The zero-order valence-electron chi connectivity index (χ0n) is 6.00. The van der Waals surface area contributed by atoms with Crippen LogP contribution in [-0.2, 0) is 4.79 Å². The molecule has 0 aliphatic carbocycles. The SMILES string of the molecule is O=CC=Cc1c(Cl)ccnc1Cl. The van der Waals surface area contributed by atoms with Crippen LogP contribution in [0.1, 0.15) is 5.56 Å². The standard InChI is InChI=1S/C8H5Cl2NO/c9-7-3-4-11-8(10)6(7)2-1-5-12/h1-5H. The number of halogens is 2. The lowest BCUT2D eigenvalue weighted by molar-refractivity contribution is -0.104. The van der Waals surface area contributed by atoms with Crippen LogP contribution in [0.5, 0.6) is 0 Å². The number of aldehydes is 1. The summed E-state index contributed by atoms with van der Waals surface area (Å²) in [5.74, 6) is 0. The number of carbonyl (C=O) groups is 1. The number of rotatable bonds is 2. The highest BCUT2D eigenvalue weighted by Gasteiger charge is 2.01. The van der Waals surface area contributed by atoms with Gasteiger partial charge in [0.15, 0.2) is 0 Å². The largest absolute Gasteiger partial charge is 0.299 e. The summed E-state index contributed by atoms with van der Waals surface area (Å²) in [5.41, 5.74) is 0.563. The number of aromatic nitrogens is 1. The van der Waals surface area contributed by atoms with Crippen molar-refractivity contribution in [3.05, 3.63) is 34.1 Å². The van der Waals surface area contributed by atoms with Gasteiger partial charge in [-0.2, -0.15) is 0 Å². The van der Waals surface area contributed by atoms with E-state index in [1.807, 2.05) is 0 Å². The van der Waals surface area contributed by atoms with Crippen LogP contribution in [0.3, 0.4) is 0 Å². The van der Waals surface area contributed by atoms with Crippen LogP contribution in [0, 0.1) is 0 Å². The third kappa shape index (κ3) is 2.06. The third-order valence-electron chi connectivity index (χ3n) is 1.23. The summed E-state index contributed by atoms with van der Waals surface area (Å²) in [6.45, 7) is 0. The van der Waals surface area contributed by atoms with Gasteiger partial charge in [0.2, 0.25) is 0 Å². The quantitative estimate of drug-likeness (QED) is 0.419. The lowest BCUT2D eigenvalue weighted by Gasteiger charge is -1.97. The Morgan fingerprint density at radius 2 is 2.17 bits per heavy atom. The molecule has 1 heterocycles. The van der Waals surface area contributed by atoms with Gasteiger partial charge in [-0.05, 0) is 18.2 Å². The van der Waals surface area contributed by atoms with Crippen molar-refractivity contribution in [3.63, 3.8) is 0 Å². The topological polar surface area (TPSA) is 30.0 Å². The molecule has 12 heavy (non-hydrogen) atoms. The average Bonchev–Trinajstić information content (AvgIpc) is 2.04. The van der Waals surface area contributed by atoms with Gasteiger partial charge in [0.05, 0.1) is 5.02 Å². The maximum absolute atomic E-state index is 10.0. The van der Waals surface area contributed by atoms with Crippen molar-refractivity contribution in [3.8, 4) is 0 Å². The summed E-state index contributed by atoms with van der Waals surface area (Å²) >= 11 is 11.5. The first-order valence-corrected chi connectivity index (χ1v) is 3.93. The van der Waals surface area contributed by atoms with E-state index in [0.717, 1.165) is 0 Å². The molecule has 0 spiro atoms. The number of allylic oxidation sites excluding steroid dienone is 1. The number of hydrogen-bond acceptors (Lipinski definition) is 2. The van der Waals surface area contributed by atoms with E-state index in [2.05, 4.69) is 4.98 Å². The van der Waals surface area contributed by atoms with E-state index < -0.39 is 0 Å². The van der Waals surface area contributed by atoms with Crippen LogP contribution >= 0.6 is 23.2 Å². The molecule has 1 rings (SSSR count). The van der Waals surface area contributed by atoms with Crippen molar-refractivity contribution < 1.29 is 4.79 Å². The fourth-order valence-corrected chi connectivity index (χ4v) is 1.19. The second-order valence-electron chi connectivity index (χ2n) is 1.99. The fourth-order valence-electron chi connectivity index (χ4n) is 0.710. The monoisotopic (exact) mass is 201 g/mol. The van der Waals surface area contributed by atoms with E-state index in [0.29, 0.717) is 22.0 Å². The van der Waals surface area contributed by atoms with Gasteiger partial charge < -0.3 is 0 Å². The summed E-state index contributed by atoms with van der Waals surface area (Å²) in [7, 11) is 0. The smallest absolute Gasteiger partial charge is 0.142 e. The summed E-state index contributed by atoms with van der Waals surface area (Å²) in [4.78, 5) is 13.8. The predicted molar refractivity (Wildman–Crippen MR) is 49.4 cm³/mol. The molecule has 0 aliphatic rings. The number of pyridine rings is 1. The van der Waals surface area contributed by atoms with Crippen molar-refractivity contribution in [2.45, 2.75) is 0 Å². The maximum Gasteiger partial charge on any atom is 0.142 e. The molecule has 1 aromatic rings. The predicted octanol–water partition coefficient (Wildman–Crippen LogP) is 2.60. The minimum absolute atomic E-state index is 0.292. The highest BCUT2D eigenvalue weighted by Crippen LogP contribution is 2.22. The van der Waals surface area contributed by atoms with E-state index in [1.54, 1.807) is 6.07 Å². The van der Waals surface area contributed by atoms with E-state index in [4.69, 9.17) is 23.2 Å². The molecule has 0 saturated carbocycles. The van der Waals surface area contributed by atoms with Gasteiger partial charge >= 0.3 is 0 Å². The minimum Gasteiger partial charge on any atom is -0.299 e. The van der Waals surface area contributed by atoms with Crippen LogP contribution in [0.15, 0.2) is 18.3 Å². The normalized spacial score (nSPS) is 10.5. The second kappa shape index (κ2) is 4.24. The van der Waals surface area contributed by atoms with Crippen LogP contribution < -0.4 is 0 Å². The van der Waals surface area contributed by atoms with Gasteiger partial charge in [0.1, 0.15) is 11.4 Å². The summed E-state index contributed by atoms with van der Waals surface area (Å²) < 4.78 is 0. The number of nitrogens with zero attached hydrogens (tertiary/aromatic N) is 1. The average molecular weight is 202 g/mol. The first-order valence-electron chi connectivity index (χ1n) is 3.17. The Morgan fingerprint density at radius 1 is 1.42 bits per heavy atom. The molecule has 0 aromatic carbocycles. The van der Waals surface area contributed by atoms with Gasteiger partial charge in [-0.3, -0.25) is 4.79 Å². The first kappa shape index (κ1) is 9.23. The molecular weight excluding hydrogens is 197 g/mol. The lowest BCUT2D eigenvalue weighted by Crippen LogP contribution is -1.81. The van der Waals surface area contributed by atoms with Crippen molar-refractivity contribution in [2.24, 2.45) is 0 Å². The van der Waals surface area contributed by atoms with Crippen molar-refractivity contribution in [2.75, 3.05) is 0 Å². The molecule has 4 heteroatoms. The second-order valence-corrected chi connectivity index (χ2v) is 2.76. The van der Waals surface area contributed by atoms with Crippen LogP contribution in [0.2, 0.25) is 10.2 Å². The van der Waals surface area contributed by atoms with Gasteiger partial charge in [0.25, 0.3) is 0 Å². The van der Waals surface area contributed by atoms with Crippen LogP contribution in [0.4, 0.5) is 0 Å². The van der Waals surface area contributed by atoms with E-state index in [1.165, 1.54) is 18.3 Å². The van der Waals surface area contributed by atoms with Crippen molar-refractivity contribution >= 4 is 35.6 Å². The highest BCUT2D eigenvalue weighted by atomic mass is 35.5. The molecular formula is C8H5Cl2NO.